The van der Waals surface area contributed by atoms with Crippen LogP contribution in [0.25, 0.3) is 0 Å². The number of hydrogen-bond acceptors (Lipinski definition) is 5. The molecule has 1 aromatic rings. The fraction of sp³-hybridized carbons (Fsp3) is 0.429. The summed E-state index contributed by atoms with van der Waals surface area (Å²) in [7, 11) is 3.13. The molecule has 20 heavy (non-hydrogen) atoms. The molecule has 0 aliphatic rings. The number of benzene rings is 1. The molecule has 6 heteroatoms. The van der Waals surface area contributed by atoms with E-state index in [4.69, 9.17) is 15.2 Å². The summed E-state index contributed by atoms with van der Waals surface area (Å²) in [5.74, 6) is -0.409. The van der Waals surface area contributed by atoms with E-state index in [0.717, 1.165) is 0 Å². The maximum atomic E-state index is 11.9. The second kappa shape index (κ2) is 6.79. The number of anilines is 1. The molecule has 0 bridgehead atoms. The standard InChI is InChI=1S/C14H20N2O4/c1-9(2)16(3)13(17)8-20-14(18)10-5-11(15)7-12(6-10)19-4/h5-7,9H,8,15H2,1-4H3. The van der Waals surface area contributed by atoms with Crippen molar-refractivity contribution in [3.63, 3.8) is 0 Å². The third kappa shape index (κ3) is 4.15. The molecule has 1 amide bonds. The number of nitrogen functional groups attached to an aromatic ring is 1. The van der Waals surface area contributed by atoms with E-state index < -0.39 is 5.97 Å². The summed E-state index contributed by atoms with van der Waals surface area (Å²) in [5, 5.41) is 0. The van der Waals surface area contributed by atoms with Gasteiger partial charge >= 0.3 is 5.97 Å². The Kier molecular flexibility index (Phi) is 5.37. The highest BCUT2D eigenvalue weighted by molar-refractivity contribution is 5.92. The van der Waals surface area contributed by atoms with Gasteiger partial charge in [0.15, 0.2) is 6.61 Å². The molecule has 0 atom stereocenters. The van der Waals surface area contributed by atoms with E-state index >= 15 is 0 Å². The zero-order valence-electron chi connectivity index (χ0n) is 12.2. The Morgan fingerprint density at radius 3 is 2.50 bits per heavy atom. The van der Waals surface area contributed by atoms with Gasteiger partial charge in [-0.05, 0) is 26.0 Å². The van der Waals surface area contributed by atoms with Crippen molar-refractivity contribution in [3.05, 3.63) is 23.8 Å². The van der Waals surface area contributed by atoms with Crippen molar-refractivity contribution >= 4 is 17.6 Å². The van der Waals surface area contributed by atoms with Crippen molar-refractivity contribution in [2.24, 2.45) is 0 Å². The van der Waals surface area contributed by atoms with Crippen LogP contribution in [-0.4, -0.2) is 43.6 Å². The molecule has 6 nitrogen and oxygen atoms in total. The van der Waals surface area contributed by atoms with Crippen LogP contribution in [0.5, 0.6) is 5.75 Å². The average molecular weight is 280 g/mol. The summed E-state index contributed by atoms with van der Waals surface area (Å²) in [6, 6.07) is 4.62. The second-order valence-electron chi connectivity index (χ2n) is 4.67. The highest BCUT2D eigenvalue weighted by atomic mass is 16.5. The monoisotopic (exact) mass is 280 g/mol. The highest BCUT2D eigenvalue weighted by Gasteiger charge is 2.16. The fourth-order valence-electron chi connectivity index (χ4n) is 1.46. The van der Waals surface area contributed by atoms with Gasteiger partial charge in [0.2, 0.25) is 0 Å². The number of carbonyl (C=O) groups excluding carboxylic acids is 2. The lowest BCUT2D eigenvalue weighted by Crippen LogP contribution is -2.36. The number of amides is 1. The Morgan fingerprint density at radius 1 is 1.30 bits per heavy atom. The minimum absolute atomic E-state index is 0.0497. The van der Waals surface area contributed by atoms with Gasteiger partial charge in [0.05, 0.1) is 12.7 Å². The van der Waals surface area contributed by atoms with Crippen molar-refractivity contribution < 1.29 is 19.1 Å². The van der Waals surface area contributed by atoms with Crippen LogP contribution in [0.1, 0.15) is 24.2 Å². The van der Waals surface area contributed by atoms with E-state index in [1.165, 1.54) is 24.1 Å². The van der Waals surface area contributed by atoms with Crippen molar-refractivity contribution in [3.8, 4) is 5.75 Å². The minimum atomic E-state index is -0.610. The van der Waals surface area contributed by atoms with Crippen LogP contribution >= 0.6 is 0 Å². The van der Waals surface area contributed by atoms with Crippen LogP contribution in [0, 0.1) is 0 Å². The summed E-state index contributed by atoms with van der Waals surface area (Å²) in [6.45, 7) is 3.45. The maximum absolute atomic E-state index is 11.9. The number of likely N-dealkylation sites (N-methyl/N-ethyl adjacent to an activating group) is 1. The summed E-state index contributed by atoms with van der Waals surface area (Å²) < 4.78 is 9.99. The summed E-state index contributed by atoms with van der Waals surface area (Å²) in [4.78, 5) is 25.1. The van der Waals surface area contributed by atoms with E-state index in [9.17, 15) is 9.59 Å². The van der Waals surface area contributed by atoms with E-state index in [1.54, 1.807) is 13.1 Å². The molecule has 0 spiro atoms. The van der Waals surface area contributed by atoms with Gasteiger partial charge in [-0.3, -0.25) is 4.79 Å². The molecule has 0 aliphatic heterocycles. The topological polar surface area (TPSA) is 81.9 Å². The molecule has 0 unspecified atom stereocenters. The van der Waals surface area contributed by atoms with Gasteiger partial charge in [0, 0.05) is 24.8 Å². The van der Waals surface area contributed by atoms with Gasteiger partial charge in [-0.25, -0.2) is 4.79 Å². The molecule has 0 heterocycles. The summed E-state index contributed by atoms with van der Waals surface area (Å²) in [6.07, 6.45) is 0. The second-order valence-corrected chi connectivity index (χ2v) is 4.67. The summed E-state index contributed by atoms with van der Waals surface area (Å²) >= 11 is 0. The third-order valence-corrected chi connectivity index (χ3v) is 2.89. The van der Waals surface area contributed by atoms with Gasteiger partial charge in [0.25, 0.3) is 5.91 Å². The van der Waals surface area contributed by atoms with Crippen LogP contribution in [0.15, 0.2) is 18.2 Å². The first kappa shape index (κ1) is 15.8. The first-order valence-electron chi connectivity index (χ1n) is 6.22. The molecule has 1 rings (SSSR count). The maximum Gasteiger partial charge on any atom is 0.338 e. The first-order valence-corrected chi connectivity index (χ1v) is 6.22. The summed E-state index contributed by atoms with van der Waals surface area (Å²) in [5.41, 5.74) is 6.30. The highest BCUT2D eigenvalue weighted by Crippen LogP contribution is 2.19. The number of ether oxygens (including phenoxy) is 2. The lowest BCUT2D eigenvalue weighted by atomic mass is 10.2. The van der Waals surface area contributed by atoms with Crippen LogP contribution in [0.3, 0.4) is 0 Å². The van der Waals surface area contributed by atoms with Gasteiger partial charge in [-0.1, -0.05) is 0 Å². The molecule has 0 saturated carbocycles. The fourth-order valence-corrected chi connectivity index (χ4v) is 1.46. The Bertz CT molecular complexity index is 500. The van der Waals surface area contributed by atoms with Gasteiger partial charge < -0.3 is 20.1 Å². The van der Waals surface area contributed by atoms with Crippen molar-refractivity contribution in [1.29, 1.82) is 0 Å². The molecule has 0 fully saturated rings. The molecule has 0 aliphatic carbocycles. The Morgan fingerprint density at radius 2 is 1.95 bits per heavy atom. The van der Waals surface area contributed by atoms with E-state index in [-0.39, 0.29) is 24.1 Å². The zero-order chi connectivity index (χ0) is 15.3. The molecule has 0 radical (unpaired) electrons. The molecular weight excluding hydrogens is 260 g/mol. The minimum Gasteiger partial charge on any atom is -0.497 e. The van der Waals surface area contributed by atoms with Crippen molar-refractivity contribution in [2.45, 2.75) is 19.9 Å². The number of methoxy groups -OCH3 is 1. The molecule has 110 valence electrons. The van der Waals surface area contributed by atoms with Crippen LogP contribution in [0.2, 0.25) is 0 Å². The van der Waals surface area contributed by atoms with E-state index in [2.05, 4.69) is 0 Å². The smallest absolute Gasteiger partial charge is 0.338 e. The number of rotatable bonds is 5. The normalized spacial score (nSPS) is 10.2. The van der Waals surface area contributed by atoms with Crippen LogP contribution in [-0.2, 0) is 9.53 Å². The predicted octanol–water partition coefficient (Wildman–Crippen LogP) is 1.30. The first-order chi connectivity index (χ1) is 9.35. The van der Waals surface area contributed by atoms with Crippen molar-refractivity contribution in [2.75, 3.05) is 26.5 Å². The SMILES string of the molecule is COc1cc(N)cc(C(=O)OCC(=O)N(C)C(C)C)c1. The quantitative estimate of drug-likeness (QED) is 0.649. The number of nitrogens with two attached hydrogens (primary N) is 1. The molecule has 2 N–H and O–H groups in total. The van der Waals surface area contributed by atoms with Gasteiger partial charge in [-0.15, -0.1) is 0 Å². The number of esters is 1. The van der Waals surface area contributed by atoms with Gasteiger partial charge in [0.1, 0.15) is 5.75 Å². The van der Waals surface area contributed by atoms with Crippen LogP contribution < -0.4 is 10.5 Å². The van der Waals surface area contributed by atoms with E-state index in [0.29, 0.717) is 11.4 Å². The molecule has 0 saturated heterocycles. The predicted molar refractivity (Wildman–Crippen MR) is 75.6 cm³/mol. The Balaban J connectivity index is 2.68. The number of hydrogen-bond donors (Lipinski definition) is 1. The lowest BCUT2D eigenvalue weighted by Gasteiger charge is -2.21. The van der Waals surface area contributed by atoms with E-state index in [1.807, 2.05) is 13.8 Å². The zero-order valence-corrected chi connectivity index (χ0v) is 12.2. The third-order valence-electron chi connectivity index (χ3n) is 2.89. The van der Waals surface area contributed by atoms with Crippen molar-refractivity contribution in [1.82, 2.24) is 4.90 Å². The van der Waals surface area contributed by atoms with Crippen LogP contribution in [0.4, 0.5) is 5.69 Å². The molecule has 0 aromatic heterocycles. The van der Waals surface area contributed by atoms with Gasteiger partial charge in [-0.2, -0.15) is 0 Å². The largest absolute Gasteiger partial charge is 0.497 e. The average Bonchev–Trinajstić information content (AvgIpc) is 2.42. The Labute approximate surface area is 118 Å². The number of nitrogens with zero attached hydrogens (tertiary/aromatic N) is 1. The lowest BCUT2D eigenvalue weighted by molar-refractivity contribution is -0.134. The Hall–Kier alpha value is -2.24. The molecular formula is C14H20N2O4. The number of carbonyl (C=O) groups is 2. The molecule has 1 aromatic carbocycles.